The summed E-state index contributed by atoms with van der Waals surface area (Å²) < 4.78 is 5.04. The van der Waals surface area contributed by atoms with Crippen molar-refractivity contribution in [2.75, 3.05) is 12.0 Å². The lowest BCUT2D eigenvalue weighted by Crippen LogP contribution is -2.58. The van der Waals surface area contributed by atoms with Gasteiger partial charge in [0.2, 0.25) is 5.91 Å². The molecule has 9 nitrogen and oxygen atoms in total. The first-order valence-corrected chi connectivity index (χ1v) is 8.70. The van der Waals surface area contributed by atoms with Gasteiger partial charge in [-0.05, 0) is 48.5 Å². The van der Waals surface area contributed by atoms with Crippen molar-refractivity contribution in [3.63, 3.8) is 0 Å². The quantitative estimate of drug-likeness (QED) is 0.440. The van der Waals surface area contributed by atoms with Crippen LogP contribution in [0.5, 0.6) is 5.75 Å². The predicted molar refractivity (Wildman–Crippen MR) is 105 cm³/mol. The van der Waals surface area contributed by atoms with E-state index in [0.717, 1.165) is 11.1 Å². The molecule has 10 heteroatoms. The Bertz CT molecular complexity index is 989. The number of halogens is 1. The number of amides is 5. The summed E-state index contributed by atoms with van der Waals surface area (Å²) >= 11 is 5.76. The molecule has 0 saturated carbocycles. The molecule has 0 unspecified atom stereocenters. The van der Waals surface area contributed by atoms with Crippen LogP contribution in [0.25, 0.3) is 0 Å². The number of urea groups is 1. The molecule has 2 N–H and O–H groups in total. The summed E-state index contributed by atoms with van der Waals surface area (Å²) in [4.78, 5) is 49.7. The Balaban J connectivity index is 1.73. The Kier molecular flexibility index (Phi) is 5.89. The summed E-state index contributed by atoms with van der Waals surface area (Å²) in [5.74, 6) is -3.04. The normalized spacial score (nSPS) is 16.7. The Hall–Kier alpha value is -3.72. The minimum atomic E-state index is -1.39. The van der Waals surface area contributed by atoms with Crippen LogP contribution in [0, 0.1) is 5.92 Å². The molecule has 148 valence electrons. The monoisotopic (exact) mass is 414 g/mol. The van der Waals surface area contributed by atoms with Gasteiger partial charge in [-0.2, -0.15) is 5.10 Å². The van der Waals surface area contributed by atoms with Crippen LogP contribution in [0.1, 0.15) is 10.4 Å². The van der Waals surface area contributed by atoms with Crippen LogP contribution in [0.15, 0.2) is 53.6 Å². The zero-order chi connectivity index (χ0) is 21.0. The molecule has 1 atom stereocenters. The summed E-state index contributed by atoms with van der Waals surface area (Å²) in [7, 11) is 1.48. The highest BCUT2D eigenvalue weighted by atomic mass is 35.5. The number of anilines is 1. The van der Waals surface area contributed by atoms with Gasteiger partial charge in [0.15, 0.2) is 5.92 Å². The molecular weight excluding hydrogens is 400 g/mol. The van der Waals surface area contributed by atoms with Gasteiger partial charge in [0.05, 0.1) is 12.8 Å². The average molecular weight is 415 g/mol. The number of hydrazone groups is 1. The van der Waals surface area contributed by atoms with Crippen LogP contribution in [-0.2, 0) is 9.59 Å². The van der Waals surface area contributed by atoms with Gasteiger partial charge in [-0.15, -0.1) is 0 Å². The number of benzene rings is 2. The van der Waals surface area contributed by atoms with E-state index in [0.29, 0.717) is 16.3 Å². The number of hydrogen-bond donors (Lipinski definition) is 2. The summed E-state index contributed by atoms with van der Waals surface area (Å²) in [6.07, 6.45) is 0.967. The number of nitrogens with one attached hydrogen (secondary N) is 2. The smallest absolute Gasteiger partial charge is 0.335 e. The fourth-order valence-electron chi connectivity index (χ4n) is 2.53. The molecule has 2 aromatic rings. The number of methoxy groups -OCH3 is 1. The molecular formula is C19H15ClN4O5. The number of carbonyl (C=O) groups excluding carboxylic acids is 4. The Labute approximate surface area is 170 Å². The first-order chi connectivity index (χ1) is 13.9. The molecule has 0 radical (unpaired) electrons. The van der Waals surface area contributed by atoms with Crippen molar-refractivity contribution in [2.45, 2.75) is 0 Å². The second-order valence-corrected chi connectivity index (χ2v) is 6.31. The fourth-order valence-corrected chi connectivity index (χ4v) is 2.66. The molecule has 0 bridgehead atoms. The van der Waals surface area contributed by atoms with Gasteiger partial charge >= 0.3 is 6.03 Å². The zero-order valence-electron chi connectivity index (χ0n) is 15.1. The molecule has 0 aliphatic carbocycles. The van der Waals surface area contributed by atoms with Crippen molar-refractivity contribution in [3.8, 4) is 5.75 Å². The fraction of sp³-hybridized carbons (Fsp3) is 0.105. The van der Waals surface area contributed by atoms with E-state index in [1.807, 2.05) is 0 Å². The minimum absolute atomic E-state index is 0.254. The highest BCUT2D eigenvalue weighted by Gasteiger charge is 2.40. The van der Waals surface area contributed by atoms with Crippen LogP contribution < -0.4 is 20.4 Å². The molecule has 1 aliphatic rings. The summed E-state index contributed by atoms with van der Waals surface area (Å²) in [6, 6.07) is 11.3. The maximum atomic E-state index is 12.7. The standard InChI is InChI=1S/C19H15ClN4O5/c1-29-14-8-6-13(7-9-14)24-18(27)15(17(26)22-19(24)28)10-21-23-16(25)11-2-4-12(20)5-3-11/h2-10,15H,1H3,(H,23,25)(H,22,26,28)/b21-10-/t15-/m1/s1. The van der Waals surface area contributed by atoms with E-state index in [9.17, 15) is 19.2 Å². The van der Waals surface area contributed by atoms with Crippen molar-refractivity contribution in [1.82, 2.24) is 10.7 Å². The first-order valence-electron chi connectivity index (χ1n) is 8.32. The summed E-state index contributed by atoms with van der Waals surface area (Å²) in [6.45, 7) is 0. The molecule has 1 aliphatic heterocycles. The lowest BCUT2D eigenvalue weighted by Gasteiger charge is -2.28. The van der Waals surface area contributed by atoms with E-state index in [4.69, 9.17) is 16.3 Å². The maximum absolute atomic E-state index is 12.7. The van der Waals surface area contributed by atoms with E-state index in [2.05, 4.69) is 15.8 Å². The number of carbonyl (C=O) groups is 4. The van der Waals surface area contributed by atoms with Crippen molar-refractivity contribution in [1.29, 1.82) is 0 Å². The van der Waals surface area contributed by atoms with Gasteiger partial charge in [-0.25, -0.2) is 15.1 Å². The second-order valence-electron chi connectivity index (χ2n) is 5.87. The van der Waals surface area contributed by atoms with E-state index in [1.165, 1.54) is 43.5 Å². The van der Waals surface area contributed by atoms with E-state index in [-0.39, 0.29) is 5.69 Å². The molecule has 0 aromatic heterocycles. The number of rotatable bonds is 5. The predicted octanol–water partition coefficient (Wildman–Crippen LogP) is 1.96. The zero-order valence-corrected chi connectivity index (χ0v) is 15.8. The number of barbiturate groups is 1. The number of imide groups is 2. The van der Waals surface area contributed by atoms with Gasteiger partial charge in [0.25, 0.3) is 11.8 Å². The lowest BCUT2D eigenvalue weighted by atomic mass is 10.1. The van der Waals surface area contributed by atoms with E-state index >= 15 is 0 Å². The molecule has 3 rings (SSSR count). The highest BCUT2D eigenvalue weighted by molar-refractivity contribution is 6.32. The number of ether oxygens (including phenoxy) is 1. The third-order valence-electron chi connectivity index (χ3n) is 4.03. The molecule has 1 fully saturated rings. The van der Waals surface area contributed by atoms with Crippen LogP contribution in [-0.4, -0.2) is 37.1 Å². The van der Waals surface area contributed by atoms with Crippen molar-refractivity contribution >= 4 is 47.3 Å². The molecule has 29 heavy (non-hydrogen) atoms. The molecule has 1 saturated heterocycles. The Morgan fingerprint density at radius 1 is 1.14 bits per heavy atom. The third kappa shape index (κ3) is 4.41. The lowest BCUT2D eigenvalue weighted by molar-refractivity contribution is -0.131. The van der Waals surface area contributed by atoms with Crippen LogP contribution in [0.3, 0.4) is 0 Å². The van der Waals surface area contributed by atoms with Crippen molar-refractivity contribution < 1.29 is 23.9 Å². The second kappa shape index (κ2) is 8.53. The van der Waals surface area contributed by atoms with Crippen molar-refractivity contribution in [3.05, 3.63) is 59.1 Å². The van der Waals surface area contributed by atoms with Gasteiger partial charge < -0.3 is 4.74 Å². The van der Waals surface area contributed by atoms with Gasteiger partial charge in [-0.3, -0.25) is 19.7 Å². The van der Waals surface area contributed by atoms with Gasteiger partial charge in [-0.1, -0.05) is 11.6 Å². The van der Waals surface area contributed by atoms with Crippen LogP contribution >= 0.6 is 11.6 Å². The SMILES string of the molecule is COc1ccc(N2C(=O)NC(=O)[C@@H](/C=N\NC(=O)c3ccc(Cl)cc3)C2=O)cc1. The number of hydrogen-bond acceptors (Lipinski definition) is 6. The van der Waals surface area contributed by atoms with Crippen LogP contribution in [0.2, 0.25) is 5.02 Å². The molecule has 5 amide bonds. The maximum Gasteiger partial charge on any atom is 0.335 e. The average Bonchev–Trinajstić information content (AvgIpc) is 2.71. The number of nitrogens with zero attached hydrogens (tertiary/aromatic N) is 2. The van der Waals surface area contributed by atoms with Gasteiger partial charge in [0.1, 0.15) is 5.75 Å². The first kappa shape index (κ1) is 20.0. The van der Waals surface area contributed by atoms with E-state index in [1.54, 1.807) is 12.1 Å². The largest absolute Gasteiger partial charge is 0.497 e. The van der Waals surface area contributed by atoms with Gasteiger partial charge in [0, 0.05) is 16.8 Å². The van der Waals surface area contributed by atoms with Crippen molar-refractivity contribution in [2.24, 2.45) is 11.0 Å². The molecule has 2 aromatic carbocycles. The third-order valence-corrected chi connectivity index (χ3v) is 4.28. The topological polar surface area (TPSA) is 117 Å². The molecule has 0 spiro atoms. The minimum Gasteiger partial charge on any atom is -0.497 e. The summed E-state index contributed by atoms with van der Waals surface area (Å²) in [5.41, 5.74) is 2.77. The Morgan fingerprint density at radius 2 is 1.79 bits per heavy atom. The van der Waals surface area contributed by atoms with Crippen LogP contribution in [0.4, 0.5) is 10.5 Å². The van der Waals surface area contributed by atoms with E-state index < -0.39 is 29.7 Å². The molecule has 1 heterocycles. The summed E-state index contributed by atoms with van der Waals surface area (Å²) in [5, 5.41) is 6.24. The highest BCUT2D eigenvalue weighted by Crippen LogP contribution is 2.23. The Morgan fingerprint density at radius 3 is 2.41 bits per heavy atom.